The summed E-state index contributed by atoms with van der Waals surface area (Å²) in [5.41, 5.74) is 5.55. The topological polar surface area (TPSA) is 27.1 Å². The number of hydrogen-bond acceptors (Lipinski definition) is 2. The van der Waals surface area contributed by atoms with Crippen molar-refractivity contribution in [3.8, 4) is 5.75 Å². The van der Waals surface area contributed by atoms with E-state index in [-0.39, 0.29) is 5.92 Å². The summed E-state index contributed by atoms with van der Waals surface area (Å²) >= 11 is 6.17. The molecule has 0 unspecified atom stereocenters. The summed E-state index contributed by atoms with van der Waals surface area (Å²) in [6, 6.07) is 35.2. The van der Waals surface area contributed by atoms with Gasteiger partial charge in [-0.2, -0.15) is 0 Å². The highest BCUT2D eigenvalue weighted by Gasteiger charge is 2.23. The van der Waals surface area contributed by atoms with Crippen LogP contribution >= 0.6 is 11.6 Å². The van der Waals surface area contributed by atoms with E-state index in [1.807, 2.05) is 31.2 Å². The monoisotopic (exact) mass is 452 g/mol. The first-order valence-electron chi connectivity index (χ1n) is 11.1. The van der Waals surface area contributed by atoms with Crippen LogP contribution in [0.2, 0.25) is 5.02 Å². The van der Waals surface area contributed by atoms with Crippen LogP contribution in [0.4, 0.5) is 0 Å². The van der Waals surface area contributed by atoms with Crippen molar-refractivity contribution < 1.29 is 4.74 Å². The molecule has 0 aliphatic rings. The van der Waals surface area contributed by atoms with Gasteiger partial charge in [-0.25, -0.2) is 4.98 Å². The zero-order valence-corrected chi connectivity index (χ0v) is 19.2. The first kappa shape index (κ1) is 21.3. The molecule has 4 aromatic carbocycles. The Morgan fingerprint density at radius 1 is 0.818 bits per heavy atom. The van der Waals surface area contributed by atoms with Gasteiger partial charge in [-0.3, -0.25) is 0 Å². The number of fused-ring (bicyclic) bond motifs is 1. The van der Waals surface area contributed by atoms with Gasteiger partial charge in [0.05, 0.1) is 23.5 Å². The molecular formula is C29H25ClN2O. The largest absolute Gasteiger partial charge is 0.492 e. The molecule has 0 N–H and O–H groups in total. The van der Waals surface area contributed by atoms with E-state index in [0.29, 0.717) is 13.2 Å². The first-order valence-corrected chi connectivity index (χ1v) is 11.5. The van der Waals surface area contributed by atoms with Crippen molar-refractivity contribution in [3.63, 3.8) is 0 Å². The van der Waals surface area contributed by atoms with Gasteiger partial charge in [0.2, 0.25) is 0 Å². The number of nitrogens with zero attached hydrogens (tertiary/aromatic N) is 2. The number of hydrogen-bond donors (Lipinski definition) is 0. The molecule has 0 amide bonds. The molecule has 5 aromatic rings. The molecule has 164 valence electrons. The van der Waals surface area contributed by atoms with Crippen molar-refractivity contribution >= 4 is 22.6 Å². The Bertz CT molecular complexity index is 1320. The van der Waals surface area contributed by atoms with Gasteiger partial charge < -0.3 is 9.30 Å². The van der Waals surface area contributed by atoms with Crippen LogP contribution in [0.25, 0.3) is 11.0 Å². The molecule has 0 bridgehead atoms. The number of halogens is 1. The molecule has 4 heteroatoms. The molecule has 0 spiro atoms. The number of aryl methyl sites for hydroxylation is 1. The average Bonchev–Trinajstić information content (AvgIpc) is 3.21. The second-order valence-electron chi connectivity index (χ2n) is 8.12. The minimum atomic E-state index is 0.0255. The fourth-order valence-electron chi connectivity index (χ4n) is 4.29. The number of imidazole rings is 1. The predicted molar refractivity (Wildman–Crippen MR) is 135 cm³/mol. The highest BCUT2D eigenvalue weighted by atomic mass is 35.5. The van der Waals surface area contributed by atoms with Gasteiger partial charge in [0.15, 0.2) is 0 Å². The summed E-state index contributed by atoms with van der Waals surface area (Å²) in [6.07, 6.45) is 0. The lowest BCUT2D eigenvalue weighted by molar-refractivity contribution is 0.298. The minimum Gasteiger partial charge on any atom is -0.492 e. The van der Waals surface area contributed by atoms with E-state index in [1.165, 1.54) is 11.1 Å². The maximum Gasteiger partial charge on any atom is 0.122 e. The molecule has 0 aliphatic heterocycles. The van der Waals surface area contributed by atoms with Gasteiger partial charge in [0.1, 0.15) is 18.2 Å². The number of aromatic nitrogens is 2. The SMILES string of the molecule is Cc1cc(OCCn2c(C(c3ccccc3)c3ccccc3)nc3ccccc32)ccc1Cl. The Hall–Kier alpha value is -3.56. The summed E-state index contributed by atoms with van der Waals surface area (Å²) in [4.78, 5) is 5.11. The Balaban J connectivity index is 1.54. The molecule has 1 heterocycles. The number of rotatable bonds is 7. The van der Waals surface area contributed by atoms with Crippen molar-refractivity contribution in [2.24, 2.45) is 0 Å². The van der Waals surface area contributed by atoms with E-state index >= 15 is 0 Å². The number of ether oxygens (including phenoxy) is 1. The van der Waals surface area contributed by atoms with Gasteiger partial charge in [0.25, 0.3) is 0 Å². The summed E-state index contributed by atoms with van der Waals surface area (Å²) < 4.78 is 8.40. The molecule has 1 aromatic heterocycles. The summed E-state index contributed by atoms with van der Waals surface area (Å²) in [6.45, 7) is 3.21. The smallest absolute Gasteiger partial charge is 0.122 e. The quantitative estimate of drug-likeness (QED) is 0.260. The summed E-state index contributed by atoms with van der Waals surface area (Å²) in [7, 11) is 0. The second-order valence-corrected chi connectivity index (χ2v) is 8.53. The van der Waals surface area contributed by atoms with Crippen molar-refractivity contribution in [1.29, 1.82) is 0 Å². The van der Waals surface area contributed by atoms with Crippen LogP contribution in [-0.4, -0.2) is 16.2 Å². The van der Waals surface area contributed by atoms with Crippen LogP contribution in [0, 0.1) is 6.92 Å². The van der Waals surface area contributed by atoms with Crippen LogP contribution in [0.15, 0.2) is 103 Å². The Labute approximate surface area is 199 Å². The Morgan fingerprint density at radius 2 is 1.45 bits per heavy atom. The van der Waals surface area contributed by atoms with Gasteiger partial charge in [-0.05, 0) is 53.9 Å². The van der Waals surface area contributed by atoms with Crippen molar-refractivity contribution in [3.05, 3.63) is 131 Å². The molecule has 5 rings (SSSR count). The van der Waals surface area contributed by atoms with Crippen LogP contribution in [0.3, 0.4) is 0 Å². The lowest BCUT2D eigenvalue weighted by Crippen LogP contribution is -2.15. The van der Waals surface area contributed by atoms with Crippen molar-refractivity contribution in [2.75, 3.05) is 6.61 Å². The Kier molecular flexibility index (Phi) is 6.14. The zero-order valence-electron chi connectivity index (χ0n) is 18.5. The normalized spacial score (nSPS) is 11.2. The van der Waals surface area contributed by atoms with Crippen LogP contribution < -0.4 is 4.74 Å². The maximum absolute atomic E-state index is 6.17. The second kappa shape index (κ2) is 9.51. The van der Waals surface area contributed by atoms with E-state index in [4.69, 9.17) is 21.3 Å². The summed E-state index contributed by atoms with van der Waals surface area (Å²) in [5, 5.41) is 0.749. The lowest BCUT2D eigenvalue weighted by atomic mass is 9.90. The molecular weight excluding hydrogens is 428 g/mol. The highest BCUT2D eigenvalue weighted by molar-refractivity contribution is 6.31. The van der Waals surface area contributed by atoms with Crippen LogP contribution in [-0.2, 0) is 6.54 Å². The van der Waals surface area contributed by atoms with Gasteiger partial charge >= 0.3 is 0 Å². The molecule has 0 saturated heterocycles. The molecule has 0 atom stereocenters. The van der Waals surface area contributed by atoms with Crippen molar-refractivity contribution in [2.45, 2.75) is 19.4 Å². The number of benzene rings is 4. The van der Waals surface area contributed by atoms with Gasteiger partial charge in [-0.15, -0.1) is 0 Å². The van der Waals surface area contributed by atoms with E-state index < -0.39 is 0 Å². The molecule has 0 fully saturated rings. The first-order chi connectivity index (χ1) is 16.2. The third-order valence-electron chi connectivity index (χ3n) is 5.92. The van der Waals surface area contributed by atoms with Gasteiger partial charge in [0, 0.05) is 5.02 Å². The van der Waals surface area contributed by atoms with E-state index in [1.54, 1.807) is 0 Å². The standard InChI is InChI=1S/C29H25ClN2O/c1-21-20-24(16-17-25(21)30)33-19-18-32-27-15-9-8-14-26(27)31-29(32)28(22-10-4-2-5-11-22)23-12-6-3-7-13-23/h2-17,20,28H,18-19H2,1H3. The predicted octanol–water partition coefficient (Wildman–Crippen LogP) is 7.26. The fraction of sp³-hybridized carbons (Fsp3) is 0.138. The summed E-state index contributed by atoms with van der Waals surface area (Å²) in [5.74, 6) is 1.87. The molecule has 33 heavy (non-hydrogen) atoms. The van der Waals surface area contributed by atoms with E-state index in [0.717, 1.165) is 33.2 Å². The number of para-hydroxylation sites is 2. The van der Waals surface area contributed by atoms with E-state index in [9.17, 15) is 0 Å². The molecule has 0 radical (unpaired) electrons. The van der Waals surface area contributed by atoms with E-state index in [2.05, 4.69) is 83.4 Å². The Morgan fingerprint density at radius 3 is 2.12 bits per heavy atom. The van der Waals surface area contributed by atoms with Gasteiger partial charge in [-0.1, -0.05) is 84.4 Å². The molecule has 3 nitrogen and oxygen atoms in total. The molecule has 0 saturated carbocycles. The van der Waals surface area contributed by atoms with Crippen LogP contribution in [0.5, 0.6) is 5.75 Å². The van der Waals surface area contributed by atoms with Crippen molar-refractivity contribution in [1.82, 2.24) is 9.55 Å². The highest BCUT2D eigenvalue weighted by Crippen LogP contribution is 2.33. The maximum atomic E-state index is 6.17. The lowest BCUT2D eigenvalue weighted by Gasteiger charge is -2.20. The van der Waals surface area contributed by atoms with Crippen LogP contribution in [0.1, 0.15) is 28.4 Å². The zero-order chi connectivity index (χ0) is 22.6. The fourth-order valence-corrected chi connectivity index (χ4v) is 4.41. The average molecular weight is 453 g/mol. The molecule has 0 aliphatic carbocycles. The minimum absolute atomic E-state index is 0.0255. The third-order valence-corrected chi connectivity index (χ3v) is 6.35. The third kappa shape index (κ3) is 4.50.